The summed E-state index contributed by atoms with van der Waals surface area (Å²) < 4.78 is 12.2. The molecule has 0 N–H and O–H groups in total. The van der Waals surface area contributed by atoms with Gasteiger partial charge in [0.1, 0.15) is 17.9 Å². The van der Waals surface area contributed by atoms with Gasteiger partial charge in [0.25, 0.3) is 12.9 Å². The molecule has 2 atom stereocenters. The highest BCUT2D eigenvalue weighted by Crippen LogP contribution is 2.31. The first kappa shape index (κ1) is 19.5. The average Bonchev–Trinajstić information content (AvgIpc) is 2.91. The zero-order valence-corrected chi connectivity index (χ0v) is 15.1. The van der Waals surface area contributed by atoms with E-state index < -0.39 is 12.2 Å². The van der Waals surface area contributed by atoms with Gasteiger partial charge < -0.3 is 14.0 Å². The van der Waals surface area contributed by atoms with Crippen LogP contribution in [0.15, 0.2) is 5.16 Å². The van der Waals surface area contributed by atoms with E-state index in [1.807, 2.05) is 6.26 Å². The van der Waals surface area contributed by atoms with E-state index >= 15 is 0 Å². The van der Waals surface area contributed by atoms with Gasteiger partial charge in [-0.2, -0.15) is 0 Å². The molecule has 1 rings (SSSR count). The van der Waals surface area contributed by atoms with Gasteiger partial charge in [0.05, 0.1) is 5.69 Å². The summed E-state index contributed by atoms with van der Waals surface area (Å²) in [6, 6.07) is 0. The molecule has 0 aliphatic heterocycles. The molecule has 0 radical (unpaired) electrons. The molecule has 23 heavy (non-hydrogen) atoms. The fourth-order valence-electron chi connectivity index (χ4n) is 2.55. The van der Waals surface area contributed by atoms with Crippen LogP contribution < -0.4 is 0 Å². The van der Waals surface area contributed by atoms with E-state index in [1.165, 1.54) is 24.6 Å². The van der Waals surface area contributed by atoms with Crippen LogP contribution in [0, 0.1) is 0 Å². The third kappa shape index (κ3) is 5.27. The van der Waals surface area contributed by atoms with Gasteiger partial charge >= 0.3 is 0 Å². The van der Waals surface area contributed by atoms with Crippen LogP contribution in [0.2, 0.25) is 0 Å². The smallest absolute Gasteiger partial charge is 0.293 e. The highest BCUT2D eigenvalue weighted by molar-refractivity contribution is 7.98. The summed E-state index contributed by atoms with van der Waals surface area (Å²) in [7, 11) is 0. The molecule has 130 valence electrons. The first-order valence-corrected chi connectivity index (χ1v) is 9.15. The minimum Gasteiger partial charge on any atom is -0.458 e. The van der Waals surface area contributed by atoms with Crippen molar-refractivity contribution >= 4 is 24.7 Å². The molecule has 0 aromatic carbocycles. The highest BCUT2D eigenvalue weighted by Gasteiger charge is 2.26. The normalized spacial score (nSPS) is 13.4. The van der Waals surface area contributed by atoms with Crippen LogP contribution in [0.3, 0.4) is 0 Å². The SMILES string of the molecule is CCCCCCn1c(SC)nc(C(C)OC=O)c1C(C)OC=O. The second kappa shape index (κ2) is 10.3. The average molecular weight is 342 g/mol. The molecular formula is C16H26N2O4S. The number of thioether (sulfide) groups is 1. The van der Waals surface area contributed by atoms with E-state index in [0.29, 0.717) is 18.6 Å². The second-order valence-electron chi connectivity index (χ2n) is 5.33. The molecule has 0 aliphatic rings. The summed E-state index contributed by atoms with van der Waals surface area (Å²) in [5.41, 5.74) is 1.44. The molecule has 0 saturated carbocycles. The Morgan fingerprint density at radius 3 is 2.35 bits per heavy atom. The van der Waals surface area contributed by atoms with Gasteiger partial charge in [0, 0.05) is 6.54 Å². The molecule has 0 saturated heterocycles. The number of rotatable bonds is 12. The maximum Gasteiger partial charge on any atom is 0.293 e. The zero-order chi connectivity index (χ0) is 17.2. The van der Waals surface area contributed by atoms with Crippen LogP contribution in [0.1, 0.15) is 70.1 Å². The van der Waals surface area contributed by atoms with Crippen LogP contribution in [-0.2, 0) is 25.6 Å². The third-order valence-corrected chi connectivity index (χ3v) is 4.38. The molecule has 1 heterocycles. The van der Waals surface area contributed by atoms with Gasteiger partial charge in [-0.15, -0.1) is 0 Å². The van der Waals surface area contributed by atoms with Gasteiger partial charge in [-0.25, -0.2) is 4.98 Å². The Hall–Kier alpha value is -1.50. The van der Waals surface area contributed by atoms with Crippen molar-refractivity contribution < 1.29 is 19.1 Å². The maximum atomic E-state index is 10.7. The highest BCUT2D eigenvalue weighted by atomic mass is 32.2. The van der Waals surface area contributed by atoms with Crippen molar-refractivity contribution in [2.75, 3.05) is 6.26 Å². The van der Waals surface area contributed by atoms with Crippen molar-refractivity contribution in [1.29, 1.82) is 0 Å². The summed E-state index contributed by atoms with van der Waals surface area (Å²) in [5.74, 6) is 0. The number of imidazole rings is 1. The van der Waals surface area contributed by atoms with Crippen molar-refractivity contribution in [1.82, 2.24) is 9.55 Å². The van der Waals surface area contributed by atoms with E-state index in [4.69, 9.17) is 9.47 Å². The molecular weight excluding hydrogens is 316 g/mol. The number of aromatic nitrogens is 2. The minimum atomic E-state index is -0.483. The van der Waals surface area contributed by atoms with Crippen molar-refractivity contribution in [3.8, 4) is 0 Å². The number of carbonyl (C=O) groups is 2. The lowest BCUT2D eigenvalue weighted by atomic mass is 10.1. The quantitative estimate of drug-likeness (QED) is 0.328. The Morgan fingerprint density at radius 2 is 1.78 bits per heavy atom. The Labute approximate surface area is 141 Å². The molecule has 0 bridgehead atoms. The molecule has 0 amide bonds. The lowest BCUT2D eigenvalue weighted by molar-refractivity contribution is -0.135. The van der Waals surface area contributed by atoms with Crippen LogP contribution >= 0.6 is 11.8 Å². The van der Waals surface area contributed by atoms with Gasteiger partial charge in [0.2, 0.25) is 0 Å². The van der Waals surface area contributed by atoms with Crippen LogP contribution in [0.25, 0.3) is 0 Å². The third-order valence-electron chi connectivity index (χ3n) is 3.71. The van der Waals surface area contributed by atoms with Gasteiger partial charge in [-0.1, -0.05) is 37.9 Å². The summed E-state index contributed by atoms with van der Waals surface area (Å²) in [6.07, 6.45) is 5.56. The molecule has 6 nitrogen and oxygen atoms in total. The Morgan fingerprint density at radius 1 is 1.13 bits per heavy atom. The van der Waals surface area contributed by atoms with Crippen molar-refractivity contribution in [3.63, 3.8) is 0 Å². The number of hydrogen-bond acceptors (Lipinski definition) is 6. The summed E-state index contributed by atoms with van der Waals surface area (Å²) in [5, 5.41) is 0.842. The lowest BCUT2D eigenvalue weighted by Crippen LogP contribution is -2.13. The first-order chi connectivity index (χ1) is 11.1. The predicted octanol–water partition coefficient (Wildman–Crippen LogP) is 3.65. The van der Waals surface area contributed by atoms with E-state index in [2.05, 4.69) is 16.5 Å². The number of carbonyl (C=O) groups excluding carboxylic acids is 2. The molecule has 1 aromatic rings. The lowest BCUT2D eigenvalue weighted by Gasteiger charge is -2.18. The summed E-state index contributed by atoms with van der Waals surface area (Å²) in [4.78, 5) is 26.0. The molecule has 2 unspecified atom stereocenters. The fraction of sp³-hybridized carbons (Fsp3) is 0.688. The van der Waals surface area contributed by atoms with Gasteiger partial charge in [0.15, 0.2) is 5.16 Å². The van der Waals surface area contributed by atoms with E-state index in [-0.39, 0.29) is 0 Å². The second-order valence-corrected chi connectivity index (χ2v) is 6.10. The van der Waals surface area contributed by atoms with E-state index in [9.17, 15) is 9.59 Å². The van der Waals surface area contributed by atoms with Gasteiger partial charge in [-0.05, 0) is 26.5 Å². The Kier molecular flexibility index (Phi) is 8.76. The van der Waals surface area contributed by atoms with Crippen molar-refractivity contribution in [2.45, 2.75) is 70.4 Å². The number of unbranched alkanes of at least 4 members (excludes halogenated alkanes) is 3. The zero-order valence-electron chi connectivity index (χ0n) is 14.3. The van der Waals surface area contributed by atoms with E-state index in [1.54, 1.807) is 13.8 Å². The van der Waals surface area contributed by atoms with Crippen molar-refractivity contribution in [3.05, 3.63) is 11.4 Å². The van der Waals surface area contributed by atoms with Crippen LogP contribution in [0.5, 0.6) is 0 Å². The topological polar surface area (TPSA) is 70.4 Å². The first-order valence-electron chi connectivity index (χ1n) is 7.93. The largest absolute Gasteiger partial charge is 0.458 e. The number of nitrogens with zero attached hydrogens (tertiary/aromatic N) is 2. The minimum absolute atomic E-state index is 0.415. The fourth-order valence-corrected chi connectivity index (χ4v) is 3.15. The monoisotopic (exact) mass is 342 g/mol. The standard InChI is InChI=1S/C16H26N2O4S/c1-5-6-7-8-9-18-15(13(3)22-11-20)14(12(2)21-10-19)17-16(18)23-4/h10-13H,5-9H2,1-4H3. The summed E-state index contributed by atoms with van der Waals surface area (Å²) >= 11 is 1.53. The summed E-state index contributed by atoms with van der Waals surface area (Å²) in [6.45, 7) is 7.39. The predicted molar refractivity (Wildman–Crippen MR) is 89.3 cm³/mol. The number of hydrogen-bond donors (Lipinski definition) is 0. The maximum absolute atomic E-state index is 10.7. The van der Waals surface area contributed by atoms with Crippen LogP contribution in [-0.4, -0.2) is 28.8 Å². The molecule has 1 aromatic heterocycles. The van der Waals surface area contributed by atoms with Gasteiger partial charge in [-0.3, -0.25) is 9.59 Å². The molecule has 7 heteroatoms. The Bertz CT molecular complexity index is 505. The van der Waals surface area contributed by atoms with Crippen molar-refractivity contribution in [2.24, 2.45) is 0 Å². The van der Waals surface area contributed by atoms with E-state index in [0.717, 1.165) is 30.2 Å². The number of ether oxygens (including phenoxy) is 2. The molecule has 0 spiro atoms. The molecule has 0 fully saturated rings. The molecule has 0 aliphatic carbocycles. The van der Waals surface area contributed by atoms with Crippen LogP contribution in [0.4, 0.5) is 0 Å². The Balaban J connectivity index is 3.16.